The van der Waals surface area contributed by atoms with Crippen LogP contribution < -0.4 is 10.6 Å². The van der Waals surface area contributed by atoms with E-state index < -0.39 is 5.97 Å². The van der Waals surface area contributed by atoms with Crippen molar-refractivity contribution in [3.8, 4) is 0 Å². The average Bonchev–Trinajstić information content (AvgIpc) is 2.75. The summed E-state index contributed by atoms with van der Waals surface area (Å²) < 4.78 is 0. The summed E-state index contributed by atoms with van der Waals surface area (Å²) >= 11 is 0. The van der Waals surface area contributed by atoms with E-state index in [2.05, 4.69) is 14.9 Å². The van der Waals surface area contributed by atoms with Crippen molar-refractivity contribution in [3.63, 3.8) is 0 Å². The third kappa shape index (κ3) is 2.72. The number of likely N-dealkylation sites (N-methyl/N-ethyl adjacent to an activating group) is 1. The first-order valence-electron chi connectivity index (χ1n) is 7.68. The summed E-state index contributed by atoms with van der Waals surface area (Å²) in [4.78, 5) is 23.9. The Hall–Kier alpha value is -1.89. The maximum atomic E-state index is 11.3. The monoisotopic (exact) mass is 305 g/mol. The number of anilines is 2. The zero-order valence-corrected chi connectivity index (χ0v) is 13.1. The van der Waals surface area contributed by atoms with Gasteiger partial charge in [0.05, 0.1) is 0 Å². The summed E-state index contributed by atoms with van der Waals surface area (Å²) in [5.41, 5.74) is 6.73. The predicted molar refractivity (Wildman–Crippen MR) is 83.7 cm³/mol. The van der Waals surface area contributed by atoms with Gasteiger partial charge in [-0.1, -0.05) is 0 Å². The molecule has 2 aliphatic heterocycles. The minimum absolute atomic E-state index is 0.127. The Morgan fingerprint density at radius 3 is 2.64 bits per heavy atom. The summed E-state index contributed by atoms with van der Waals surface area (Å²) in [6, 6.07) is 1.61. The maximum Gasteiger partial charge on any atom is 0.320 e. The van der Waals surface area contributed by atoms with Crippen LogP contribution in [0.4, 0.5) is 11.8 Å². The van der Waals surface area contributed by atoms with Gasteiger partial charge in [-0.05, 0) is 38.6 Å². The Balaban J connectivity index is 1.69. The van der Waals surface area contributed by atoms with E-state index in [1.165, 1.54) is 0 Å². The average molecular weight is 305 g/mol. The Labute approximate surface area is 130 Å². The van der Waals surface area contributed by atoms with Crippen molar-refractivity contribution in [1.29, 1.82) is 0 Å². The molecule has 1 aromatic heterocycles. The van der Waals surface area contributed by atoms with E-state index in [0.29, 0.717) is 5.95 Å². The molecule has 0 radical (unpaired) electrons. The molecule has 3 N–H and O–H groups in total. The highest BCUT2D eigenvalue weighted by molar-refractivity contribution is 5.74. The summed E-state index contributed by atoms with van der Waals surface area (Å²) in [7, 11) is 1.91. The number of aryl methyl sites for hydroxylation is 1. The molecule has 0 aliphatic carbocycles. The summed E-state index contributed by atoms with van der Waals surface area (Å²) in [6.45, 7) is 4.55. The Bertz CT molecular complexity index is 563. The molecule has 0 amide bonds. The molecule has 120 valence electrons. The number of aromatic nitrogens is 2. The first-order valence-corrected chi connectivity index (χ1v) is 7.68. The number of hydrogen-bond acceptors (Lipinski definition) is 6. The topological polar surface area (TPSA) is 95.6 Å². The first kappa shape index (κ1) is 15.0. The van der Waals surface area contributed by atoms with Crippen LogP contribution in [0.3, 0.4) is 0 Å². The fourth-order valence-corrected chi connectivity index (χ4v) is 3.85. The molecular formula is C15H23N5O2. The van der Waals surface area contributed by atoms with Crippen molar-refractivity contribution in [1.82, 2.24) is 14.9 Å². The quantitative estimate of drug-likeness (QED) is 0.832. The second-order valence-electron chi connectivity index (χ2n) is 6.69. The highest BCUT2D eigenvalue weighted by atomic mass is 16.4. The number of hydrogen-bond donors (Lipinski definition) is 2. The molecule has 7 heteroatoms. The molecule has 0 bridgehead atoms. The van der Waals surface area contributed by atoms with E-state index >= 15 is 0 Å². The van der Waals surface area contributed by atoms with Crippen molar-refractivity contribution >= 4 is 17.7 Å². The van der Waals surface area contributed by atoms with Crippen molar-refractivity contribution in [2.24, 2.45) is 5.41 Å². The molecule has 1 atom stereocenters. The number of piperidine rings is 1. The molecule has 1 aromatic rings. The van der Waals surface area contributed by atoms with Crippen LogP contribution in [0.1, 0.15) is 25.0 Å². The van der Waals surface area contributed by atoms with Crippen LogP contribution in [0.15, 0.2) is 6.07 Å². The molecule has 0 saturated carbocycles. The van der Waals surface area contributed by atoms with Crippen LogP contribution in [0, 0.1) is 12.3 Å². The lowest BCUT2D eigenvalue weighted by molar-refractivity contribution is -0.141. The number of carbonyl (C=O) groups is 1. The fraction of sp³-hybridized carbons (Fsp3) is 0.667. The van der Waals surface area contributed by atoms with Gasteiger partial charge in [-0.3, -0.25) is 9.69 Å². The van der Waals surface area contributed by atoms with Crippen molar-refractivity contribution in [3.05, 3.63) is 11.8 Å². The molecule has 1 spiro atoms. The third-order valence-electron chi connectivity index (χ3n) is 5.03. The lowest BCUT2D eigenvalue weighted by atomic mass is 9.76. The molecule has 22 heavy (non-hydrogen) atoms. The molecule has 2 fully saturated rings. The number of carboxylic acids is 1. The van der Waals surface area contributed by atoms with E-state index in [0.717, 1.165) is 50.4 Å². The molecule has 1 unspecified atom stereocenters. The summed E-state index contributed by atoms with van der Waals surface area (Å²) in [5.74, 6) is 0.476. The van der Waals surface area contributed by atoms with Gasteiger partial charge in [-0.2, -0.15) is 4.98 Å². The first-order chi connectivity index (χ1) is 10.4. The highest BCUT2D eigenvalue weighted by Gasteiger charge is 2.46. The number of nitrogen functional groups attached to an aromatic ring is 1. The summed E-state index contributed by atoms with van der Waals surface area (Å²) in [5, 5.41) is 9.31. The van der Waals surface area contributed by atoms with Crippen LogP contribution in [0.25, 0.3) is 0 Å². The Morgan fingerprint density at radius 2 is 2.09 bits per heavy atom. The fourth-order valence-electron chi connectivity index (χ4n) is 3.85. The van der Waals surface area contributed by atoms with Gasteiger partial charge in [0.2, 0.25) is 5.95 Å². The van der Waals surface area contributed by atoms with Gasteiger partial charge in [0.25, 0.3) is 0 Å². The van der Waals surface area contributed by atoms with Crippen molar-refractivity contribution in [2.45, 2.75) is 32.2 Å². The second kappa shape index (κ2) is 5.39. The second-order valence-corrected chi connectivity index (χ2v) is 6.69. The molecule has 7 nitrogen and oxygen atoms in total. The third-order valence-corrected chi connectivity index (χ3v) is 5.03. The normalized spacial score (nSPS) is 24.8. The van der Waals surface area contributed by atoms with E-state index in [9.17, 15) is 9.90 Å². The zero-order valence-electron chi connectivity index (χ0n) is 13.1. The Kier molecular flexibility index (Phi) is 3.68. The highest BCUT2D eigenvalue weighted by Crippen LogP contribution is 2.43. The SMILES string of the molecule is Cc1cc(N2CCC3(CC2)CC(C(=O)O)N(C)C3)nc(N)n1. The van der Waals surface area contributed by atoms with E-state index in [1.807, 2.05) is 24.9 Å². The summed E-state index contributed by atoms with van der Waals surface area (Å²) in [6.07, 6.45) is 2.73. The van der Waals surface area contributed by atoms with Gasteiger partial charge in [-0.15, -0.1) is 0 Å². The van der Waals surface area contributed by atoms with Crippen LogP contribution in [-0.2, 0) is 4.79 Å². The number of rotatable bonds is 2. The van der Waals surface area contributed by atoms with E-state index in [4.69, 9.17) is 5.73 Å². The van der Waals surface area contributed by atoms with Crippen molar-refractivity contribution in [2.75, 3.05) is 37.3 Å². The lowest BCUT2D eigenvalue weighted by Gasteiger charge is -2.39. The van der Waals surface area contributed by atoms with Gasteiger partial charge < -0.3 is 15.7 Å². The largest absolute Gasteiger partial charge is 0.480 e. The van der Waals surface area contributed by atoms with Gasteiger partial charge in [0.1, 0.15) is 11.9 Å². The van der Waals surface area contributed by atoms with Gasteiger partial charge in [0.15, 0.2) is 0 Å². The molecule has 2 aliphatic rings. The maximum absolute atomic E-state index is 11.3. The minimum Gasteiger partial charge on any atom is -0.480 e. The van der Waals surface area contributed by atoms with Crippen LogP contribution in [0.5, 0.6) is 0 Å². The van der Waals surface area contributed by atoms with Gasteiger partial charge in [0, 0.05) is 31.4 Å². The number of nitrogens with zero attached hydrogens (tertiary/aromatic N) is 4. The number of likely N-dealkylation sites (tertiary alicyclic amines) is 1. The van der Waals surface area contributed by atoms with Crippen LogP contribution >= 0.6 is 0 Å². The number of carboxylic acid groups (broad SMARTS) is 1. The molecule has 3 heterocycles. The number of aliphatic carboxylic acids is 1. The van der Waals surface area contributed by atoms with Crippen LogP contribution in [-0.4, -0.2) is 58.7 Å². The van der Waals surface area contributed by atoms with Crippen LogP contribution in [0.2, 0.25) is 0 Å². The van der Waals surface area contributed by atoms with E-state index in [1.54, 1.807) is 0 Å². The molecule has 3 rings (SSSR count). The molecule has 0 aromatic carbocycles. The number of nitrogens with two attached hydrogens (primary N) is 1. The predicted octanol–water partition coefficient (Wildman–Crippen LogP) is 0.743. The van der Waals surface area contributed by atoms with Crippen molar-refractivity contribution < 1.29 is 9.90 Å². The Morgan fingerprint density at radius 1 is 1.41 bits per heavy atom. The molecular weight excluding hydrogens is 282 g/mol. The zero-order chi connectivity index (χ0) is 15.9. The van der Waals surface area contributed by atoms with Gasteiger partial charge in [-0.25, -0.2) is 4.98 Å². The standard InChI is InChI=1S/C15H23N5O2/c1-10-7-12(18-14(16)17-10)20-5-3-15(4-6-20)8-11(13(21)22)19(2)9-15/h7,11H,3-6,8-9H2,1-2H3,(H,21,22)(H2,16,17,18). The molecule has 2 saturated heterocycles. The minimum atomic E-state index is -0.707. The lowest BCUT2D eigenvalue weighted by Crippen LogP contribution is -2.41. The van der Waals surface area contributed by atoms with Gasteiger partial charge >= 0.3 is 5.97 Å². The smallest absolute Gasteiger partial charge is 0.320 e. The van der Waals surface area contributed by atoms with E-state index in [-0.39, 0.29) is 11.5 Å².